The Morgan fingerprint density at radius 1 is 0.294 bits per heavy atom. The second kappa shape index (κ2) is 6.97. The summed E-state index contributed by atoms with van der Waals surface area (Å²) in [6.07, 6.45) is 0. The van der Waals surface area contributed by atoms with Crippen LogP contribution in [0.2, 0.25) is 0 Å². The number of hydrogen-bond acceptors (Lipinski definition) is 2. The molecule has 2 nitrogen and oxygen atoms in total. The van der Waals surface area contributed by atoms with Gasteiger partial charge in [-0.1, -0.05) is 97.1 Å². The summed E-state index contributed by atoms with van der Waals surface area (Å²) in [5.74, 6) is 0.714. The first-order chi connectivity index (χ1) is 16.7. The summed E-state index contributed by atoms with van der Waals surface area (Å²) in [6, 6.07) is 36.7. The molecule has 0 fully saturated rings. The van der Waals surface area contributed by atoms with Gasteiger partial charge in [0.25, 0.3) is 0 Å². The number of rotatable bonds is 0. The second-order valence-electron chi connectivity index (χ2n) is 8.88. The van der Waals surface area contributed by atoms with E-state index in [4.69, 9.17) is 0 Å². The lowest BCUT2D eigenvalue weighted by molar-refractivity contribution is 0.481. The standard InChI is InChI=1S/2C16H10O/c2*17-14-9-7-12-5-4-10-2-1-3-11-6-8-13(14)16(12)15(10)11/h2*1-9,17H. The molecule has 0 spiro atoms. The van der Waals surface area contributed by atoms with Gasteiger partial charge in [0.15, 0.2) is 0 Å². The molecule has 0 heterocycles. The molecule has 8 aromatic rings. The van der Waals surface area contributed by atoms with E-state index in [1.54, 1.807) is 12.1 Å². The van der Waals surface area contributed by atoms with Gasteiger partial charge in [0.1, 0.15) is 11.5 Å². The van der Waals surface area contributed by atoms with Crippen molar-refractivity contribution < 1.29 is 10.2 Å². The van der Waals surface area contributed by atoms with Crippen LogP contribution in [0.1, 0.15) is 0 Å². The second-order valence-corrected chi connectivity index (χ2v) is 8.88. The summed E-state index contributed by atoms with van der Waals surface area (Å²) in [5, 5.41) is 33.9. The van der Waals surface area contributed by atoms with Crippen molar-refractivity contribution in [2.24, 2.45) is 0 Å². The third-order valence-corrected chi connectivity index (χ3v) is 7.01. The zero-order valence-corrected chi connectivity index (χ0v) is 18.3. The number of hydrogen-bond donors (Lipinski definition) is 2. The lowest BCUT2D eigenvalue weighted by atomic mass is 9.94. The molecule has 0 aromatic heterocycles. The van der Waals surface area contributed by atoms with Gasteiger partial charge in [-0.3, -0.25) is 0 Å². The summed E-state index contributed by atoms with van der Waals surface area (Å²) in [4.78, 5) is 0. The molecule has 0 atom stereocenters. The summed E-state index contributed by atoms with van der Waals surface area (Å²) >= 11 is 0. The first-order valence-corrected chi connectivity index (χ1v) is 11.4. The van der Waals surface area contributed by atoms with Crippen molar-refractivity contribution in [1.29, 1.82) is 0 Å². The molecule has 34 heavy (non-hydrogen) atoms. The van der Waals surface area contributed by atoms with Gasteiger partial charge in [0.2, 0.25) is 0 Å². The maximum atomic E-state index is 9.95. The van der Waals surface area contributed by atoms with Crippen LogP contribution in [0.3, 0.4) is 0 Å². The Kier molecular flexibility index (Phi) is 3.88. The van der Waals surface area contributed by atoms with E-state index in [-0.39, 0.29) is 0 Å². The fraction of sp³-hybridized carbons (Fsp3) is 0. The molecule has 0 saturated carbocycles. The van der Waals surface area contributed by atoms with Gasteiger partial charge in [-0.05, 0) is 55.2 Å². The van der Waals surface area contributed by atoms with Gasteiger partial charge < -0.3 is 10.2 Å². The highest BCUT2D eigenvalue weighted by Crippen LogP contribution is 2.39. The largest absolute Gasteiger partial charge is 0.507 e. The molecule has 0 aliphatic rings. The van der Waals surface area contributed by atoms with Crippen molar-refractivity contribution in [3.8, 4) is 11.5 Å². The zero-order chi connectivity index (χ0) is 22.8. The van der Waals surface area contributed by atoms with Crippen molar-refractivity contribution in [1.82, 2.24) is 0 Å². The summed E-state index contributed by atoms with van der Waals surface area (Å²) in [5.41, 5.74) is 0. The minimum atomic E-state index is 0.357. The Morgan fingerprint density at radius 3 is 0.971 bits per heavy atom. The molecular weight excluding hydrogens is 416 g/mol. The lowest BCUT2D eigenvalue weighted by Gasteiger charge is -2.11. The van der Waals surface area contributed by atoms with Gasteiger partial charge in [0, 0.05) is 21.5 Å². The molecular formula is C32H20O2. The van der Waals surface area contributed by atoms with E-state index in [1.165, 1.54) is 53.9 Å². The maximum absolute atomic E-state index is 9.95. The van der Waals surface area contributed by atoms with Crippen LogP contribution in [-0.2, 0) is 0 Å². The monoisotopic (exact) mass is 436 g/mol. The third kappa shape index (κ3) is 2.63. The molecule has 8 rings (SSSR count). The van der Waals surface area contributed by atoms with E-state index in [0.717, 1.165) is 10.8 Å². The lowest BCUT2D eigenvalue weighted by Crippen LogP contribution is -1.83. The summed E-state index contributed by atoms with van der Waals surface area (Å²) < 4.78 is 0. The molecule has 2 N–H and O–H groups in total. The average molecular weight is 437 g/mol. The van der Waals surface area contributed by atoms with E-state index < -0.39 is 0 Å². The average Bonchev–Trinajstić information content (AvgIpc) is 2.88. The molecule has 0 aliphatic heterocycles. The Bertz CT molecular complexity index is 1810. The number of phenolic OH excluding ortho intramolecular Hbond substituents is 2. The Morgan fingerprint density at radius 2 is 0.588 bits per heavy atom. The molecule has 8 aromatic carbocycles. The van der Waals surface area contributed by atoms with Crippen LogP contribution in [0.5, 0.6) is 11.5 Å². The number of benzene rings is 8. The normalized spacial score (nSPS) is 11.8. The maximum Gasteiger partial charge on any atom is 0.123 e. The molecule has 0 bridgehead atoms. The SMILES string of the molecule is Oc1ccc2ccc3cccc4ccc1c2c34.Oc1ccc2ccc3cccc4ccc1c2c34. The van der Waals surface area contributed by atoms with Crippen LogP contribution >= 0.6 is 0 Å². The summed E-state index contributed by atoms with van der Waals surface area (Å²) in [6.45, 7) is 0. The van der Waals surface area contributed by atoms with E-state index in [9.17, 15) is 10.2 Å². The highest BCUT2D eigenvalue weighted by molar-refractivity contribution is 6.25. The predicted molar refractivity (Wildman–Crippen MR) is 144 cm³/mol. The zero-order valence-electron chi connectivity index (χ0n) is 18.3. The molecule has 0 amide bonds. The van der Waals surface area contributed by atoms with E-state index in [1.807, 2.05) is 24.3 Å². The minimum Gasteiger partial charge on any atom is -0.507 e. The van der Waals surface area contributed by atoms with E-state index in [2.05, 4.69) is 72.8 Å². The van der Waals surface area contributed by atoms with Crippen LogP contribution in [0.15, 0.2) is 109 Å². The van der Waals surface area contributed by atoms with Crippen molar-refractivity contribution in [3.05, 3.63) is 109 Å². The molecule has 0 unspecified atom stereocenters. The van der Waals surface area contributed by atoms with Gasteiger partial charge >= 0.3 is 0 Å². The highest BCUT2D eigenvalue weighted by Gasteiger charge is 2.10. The fourth-order valence-corrected chi connectivity index (χ4v) is 5.44. The highest BCUT2D eigenvalue weighted by atomic mass is 16.3. The van der Waals surface area contributed by atoms with Crippen molar-refractivity contribution in [2.45, 2.75) is 0 Å². The predicted octanol–water partition coefficient (Wildman–Crippen LogP) is 8.58. The van der Waals surface area contributed by atoms with Crippen LogP contribution in [0.4, 0.5) is 0 Å². The topological polar surface area (TPSA) is 40.5 Å². The van der Waals surface area contributed by atoms with Gasteiger partial charge in [-0.2, -0.15) is 0 Å². The molecule has 0 radical (unpaired) electrons. The van der Waals surface area contributed by atoms with Gasteiger partial charge in [-0.25, -0.2) is 0 Å². The van der Waals surface area contributed by atoms with Crippen LogP contribution in [-0.4, -0.2) is 10.2 Å². The quantitative estimate of drug-likeness (QED) is 0.234. The Hall–Kier alpha value is -4.56. The number of aromatic hydroxyl groups is 2. The third-order valence-electron chi connectivity index (χ3n) is 7.01. The van der Waals surface area contributed by atoms with Crippen molar-refractivity contribution in [3.63, 3.8) is 0 Å². The molecule has 0 aliphatic carbocycles. The minimum absolute atomic E-state index is 0.357. The van der Waals surface area contributed by atoms with Crippen molar-refractivity contribution >= 4 is 64.6 Å². The first kappa shape index (κ1) is 19.0. The van der Waals surface area contributed by atoms with E-state index >= 15 is 0 Å². The van der Waals surface area contributed by atoms with Crippen LogP contribution < -0.4 is 0 Å². The fourth-order valence-electron chi connectivity index (χ4n) is 5.44. The first-order valence-electron chi connectivity index (χ1n) is 11.4. The van der Waals surface area contributed by atoms with Crippen molar-refractivity contribution in [2.75, 3.05) is 0 Å². The summed E-state index contributed by atoms with van der Waals surface area (Å²) in [7, 11) is 0. The van der Waals surface area contributed by atoms with Crippen LogP contribution in [0, 0.1) is 0 Å². The van der Waals surface area contributed by atoms with Crippen LogP contribution in [0.25, 0.3) is 64.6 Å². The molecule has 2 heteroatoms. The Balaban J connectivity index is 0.000000118. The van der Waals surface area contributed by atoms with Gasteiger partial charge in [-0.15, -0.1) is 0 Å². The van der Waals surface area contributed by atoms with Gasteiger partial charge in [0.05, 0.1) is 0 Å². The number of phenols is 2. The smallest absolute Gasteiger partial charge is 0.123 e. The molecule has 160 valence electrons. The van der Waals surface area contributed by atoms with E-state index in [0.29, 0.717) is 11.5 Å². The Labute approximate surface area is 195 Å². The molecule has 0 saturated heterocycles.